The number of benzene rings is 1. The van der Waals surface area contributed by atoms with Gasteiger partial charge in [0.2, 0.25) is 11.9 Å². The van der Waals surface area contributed by atoms with Crippen LogP contribution in [0, 0.1) is 13.8 Å². The van der Waals surface area contributed by atoms with Crippen molar-refractivity contribution in [2.24, 2.45) is 5.73 Å². The number of nitrogens with one attached hydrogen (secondary N) is 1. The predicted molar refractivity (Wildman–Crippen MR) is 87.5 cm³/mol. The predicted octanol–water partition coefficient (Wildman–Crippen LogP) is 1.57. The Morgan fingerprint density at radius 2 is 2.04 bits per heavy atom. The number of anilines is 3. The molecule has 122 valence electrons. The molecule has 24 heavy (non-hydrogen) atoms. The number of hydrogen-bond acceptors (Lipinski definition) is 8. The fourth-order valence-corrected chi connectivity index (χ4v) is 2.17. The summed E-state index contributed by atoms with van der Waals surface area (Å²) in [4.78, 5) is 23.7. The Hall–Kier alpha value is -3.49. The number of aryl methyl sites for hydroxylation is 2. The fourth-order valence-electron chi connectivity index (χ4n) is 2.17. The summed E-state index contributed by atoms with van der Waals surface area (Å²) >= 11 is 0. The van der Waals surface area contributed by atoms with Crippen LogP contribution in [0.3, 0.4) is 0 Å². The largest absolute Gasteiger partial charge is 0.383 e. The first kappa shape index (κ1) is 15.4. The monoisotopic (exact) mass is 325 g/mol. The lowest BCUT2D eigenvalue weighted by Gasteiger charge is -2.09. The van der Waals surface area contributed by atoms with Crippen LogP contribution in [0.2, 0.25) is 0 Å². The number of aromatic nitrogens is 4. The van der Waals surface area contributed by atoms with Gasteiger partial charge in [-0.1, -0.05) is 5.16 Å². The van der Waals surface area contributed by atoms with Gasteiger partial charge in [0.15, 0.2) is 5.82 Å². The Bertz CT molecular complexity index is 920. The second-order valence-electron chi connectivity index (χ2n) is 5.16. The third kappa shape index (κ3) is 3.00. The number of hydrogen-bond donors (Lipinski definition) is 3. The fraction of sp³-hybridized carbons (Fsp3) is 0.133. The summed E-state index contributed by atoms with van der Waals surface area (Å²) in [7, 11) is 0. The Balaban J connectivity index is 1.85. The van der Waals surface area contributed by atoms with Gasteiger partial charge < -0.3 is 21.3 Å². The number of nitrogen functional groups attached to an aromatic ring is 1. The van der Waals surface area contributed by atoms with Crippen molar-refractivity contribution in [3.05, 3.63) is 41.3 Å². The molecule has 0 aliphatic rings. The molecule has 3 rings (SSSR count). The van der Waals surface area contributed by atoms with Crippen LogP contribution in [0.1, 0.15) is 21.7 Å². The lowest BCUT2D eigenvalue weighted by molar-refractivity contribution is 0.1000. The molecular weight excluding hydrogens is 310 g/mol. The van der Waals surface area contributed by atoms with E-state index in [1.165, 1.54) is 6.20 Å². The highest BCUT2D eigenvalue weighted by molar-refractivity contribution is 5.94. The highest BCUT2D eigenvalue weighted by Gasteiger charge is 2.13. The van der Waals surface area contributed by atoms with Crippen LogP contribution >= 0.6 is 0 Å². The van der Waals surface area contributed by atoms with Gasteiger partial charge in [0.05, 0.1) is 0 Å². The molecule has 0 fully saturated rings. The molecule has 1 aromatic carbocycles. The molecule has 2 heterocycles. The van der Waals surface area contributed by atoms with Gasteiger partial charge in [-0.3, -0.25) is 4.79 Å². The van der Waals surface area contributed by atoms with E-state index in [1.807, 2.05) is 0 Å². The Kier molecular flexibility index (Phi) is 3.82. The highest BCUT2D eigenvalue weighted by atomic mass is 16.5. The first-order chi connectivity index (χ1) is 11.4. The second-order valence-corrected chi connectivity index (χ2v) is 5.16. The molecule has 0 aliphatic carbocycles. The number of primary amides is 1. The van der Waals surface area contributed by atoms with Crippen LogP contribution < -0.4 is 16.8 Å². The van der Waals surface area contributed by atoms with E-state index in [0.29, 0.717) is 28.6 Å². The van der Waals surface area contributed by atoms with E-state index in [1.54, 1.807) is 32.0 Å². The quantitative estimate of drug-likeness (QED) is 0.655. The van der Waals surface area contributed by atoms with Crippen LogP contribution in [-0.4, -0.2) is 26.0 Å². The maximum atomic E-state index is 11.3. The van der Waals surface area contributed by atoms with Gasteiger partial charge in [-0.2, -0.15) is 9.97 Å². The topological polar surface area (TPSA) is 146 Å². The van der Waals surface area contributed by atoms with Crippen LogP contribution in [0.5, 0.6) is 0 Å². The summed E-state index contributed by atoms with van der Waals surface area (Å²) in [6.07, 6.45) is 1.50. The minimum atomic E-state index is -0.473. The van der Waals surface area contributed by atoms with E-state index < -0.39 is 5.91 Å². The number of carbonyl (C=O) groups is 1. The molecule has 0 radical (unpaired) electrons. The molecule has 0 saturated heterocycles. The van der Waals surface area contributed by atoms with Gasteiger partial charge in [0.1, 0.15) is 11.4 Å². The zero-order valence-electron chi connectivity index (χ0n) is 13.1. The third-order valence-corrected chi connectivity index (χ3v) is 3.32. The molecule has 0 aliphatic heterocycles. The maximum absolute atomic E-state index is 11.3. The number of nitrogens with two attached hydrogens (primary N) is 2. The molecule has 0 unspecified atom stereocenters. The maximum Gasteiger partial charge on any atom is 0.263 e. The van der Waals surface area contributed by atoms with E-state index in [4.69, 9.17) is 16.0 Å². The summed E-state index contributed by atoms with van der Waals surface area (Å²) in [5.74, 6) is 0.800. The van der Waals surface area contributed by atoms with Crippen molar-refractivity contribution in [1.29, 1.82) is 0 Å². The van der Waals surface area contributed by atoms with E-state index in [9.17, 15) is 4.79 Å². The van der Waals surface area contributed by atoms with Crippen molar-refractivity contribution in [2.75, 3.05) is 11.1 Å². The highest BCUT2D eigenvalue weighted by Crippen LogP contribution is 2.24. The summed E-state index contributed by atoms with van der Waals surface area (Å²) in [6, 6.07) is 5.12. The molecule has 2 aromatic heterocycles. The van der Waals surface area contributed by atoms with Crippen molar-refractivity contribution in [1.82, 2.24) is 20.1 Å². The number of carbonyl (C=O) groups excluding carboxylic acids is 1. The van der Waals surface area contributed by atoms with Crippen molar-refractivity contribution in [2.45, 2.75) is 13.8 Å². The lowest BCUT2D eigenvalue weighted by atomic mass is 10.1. The Labute approximate surface area is 137 Å². The van der Waals surface area contributed by atoms with Crippen molar-refractivity contribution in [3.63, 3.8) is 0 Å². The zero-order valence-corrected chi connectivity index (χ0v) is 13.1. The van der Waals surface area contributed by atoms with Gasteiger partial charge in [0, 0.05) is 17.4 Å². The summed E-state index contributed by atoms with van der Waals surface area (Å²) in [5, 5.41) is 6.72. The van der Waals surface area contributed by atoms with Crippen molar-refractivity contribution < 1.29 is 9.32 Å². The van der Waals surface area contributed by atoms with E-state index in [2.05, 4.69) is 25.4 Å². The number of nitrogens with zero attached hydrogens (tertiary/aromatic N) is 4. The minimum Gasteiger partial charge on any atom is -0.383 e. The Morgan fingerprint density at radius 1 is 1.25 bits per heavy atom. The third-order valence-electron chi connectivity index (χ3n) is 3.32. The minimum absolute atomic E-state index is 0.210. The molecule has 9 heteroatoms. The van der Waals surface area contributed by atoms with E-state index in [-0.39, 0.29) is 11.7 Å². The standard InChI is InChI=1S/C15H15N7O2/c1-7-5-9(3-4-10(7)13(17)23)20-15-18-6-11(12(16)21-15)14-19-8(2)22-24-14/h3-6H,1-2H3,(H2,17,23)(H3,16,18,20,21). The molecule has 5 N–H and O–H groups in total. The van der Waals surface area contributed by atoms with Crippen molar-refractivity contribution >= 4 is 23.4 Å². The smallest absolute Gasteiger partial charge is 0.263 e. The van der Waals surface area contributed by atoms with Gasteiger partial charge in [0.25, 0.3) is 5.89 Å². The average Bonchev–Trinajstić information content (AvgIpc) is 2.93. The molecule has 0 bridgehead atoms. The molecular formula is C15H15N7O2. The first-order valence-electron chi connectivity index (χ1n) is 7.04. The van der Waals surface area contributed by atoms with Crippen LogP contribution in [-0.2, 0) is 0 Å². The van der Waals surface area contributed by atoms with Gasteiger partial charge >= 0.3 is 0 Å². The average molecular weight is 325 g/mol. The van der Waals surface area contributed by atoms with E-state index in [0.717, 1.165) is 5.56 Å². The molecule has 9 nitrogen and oxygen atoms in total. The summed E-state index contributed by atoms with van der Waals surface area (Å²) < 4.78 is 5.06. The Morgan fingerprint density at radius 3 is 2.62 bits per heavy atom. The zero-order chi connectivity index (χ0) is 17.3. The molecule has 0 atom stereocenters. The lowest BCUT2D eigenvalue weighted by Crippen LogP contribution is -2.12. The number of rotatable bonds is 4. The van der Waals surface area contributed by atoms with Crippen LogP contribution in [0.25, 0.3) is 11.5 Å². The number of amides is 1. The first-order valence-corrected chi connectivity index (χ1v) is 7.04. The molecule has 1 amide bonds. The molecule has 0 spiro atoms. The summed E-state index contributed by atoms with van der Waals surface area (Å²) in [6.45, 7) is 3.50. The molecule has 0 saturated carbocycles. The summed E-state index contributed by atoms with van der Waals surface area (Å²) in [5.41, 5.74) is 13.6. The molecule has 3 aromatic rings. The van der Waals surface area contributed by atoms with Crippen molar-refractivity contribution in [3.8, 4) is 11.5 Å². The van der Waals surface area contributed by atoms with E-state index >= 15 is 0 Å². The van der Waals surface area contributed by atoms with Gasteiger partial charge in [-0.25, -0.2) is 4.98 Å². The van der Waals surface area contributed by atoms with Crippen LogP contribution in [0.4, 0.5) is 17.5 Å². The van der Waals surface area contributed by atoms with Crippen LogP contribution in [0.15, 0.2) is 28.9 Å². The normalized spacial score (nSPS) is 10.6. The SMILES string of the molecule is Cc1noc(-c2cnc(Nc3ccc(C(N)=O)c(C)c3)nc2N)n1. The van der Waals surface area contributed by atoms with Gasteiger partial charge in [-0.05, 0) is 37.6 Å². The second kappa shape index (κ2) is 5.95. The van der Waals surface area contributed by atoms with Gasteiger partial charge in [-0.15, -0.1) is 0 Å².